The van der Waals surface area contributed by atoms with Crippen LogP contribution in [0.2, 0.25) is 0 Å². The van der Waals surface area contributed by atoms with Gasteiger partial charge < -0.3 is 10.6 Å². The molecule has 0 atom stereocenters. The molecule has 2 amide bonds. The number of nitrogens with one attached hydrogen (secondary N) is 2. The van der Waals surface area contributed by atoms with Crippen LogP contribution in [0.1, 0.15) is 46.9 Å². The normalized spacial score (nSPS) is 11.0. The zero-order chi connectivity index (χ0) is 20.1. The summed E-state index contributed by atoms with van der Waals surface area (Å²) in [6, 6.07) is 11.5. The average Bonchev–Trinajstić information content (AvgIpc) is 3.07. The van der Waals surface area contributed by atoms with Gasteiger partial charge in [-0.3, -0.25) is 14.0 Å². The van der Waals surface area contributed by atoms with E-state index < -0.39 is 5.91 Å². The molecule has 0 unspecified atom stereocenters. The molecule has 0 aliphatic heterocycles. The lowest BCUT2D eigenvalue weighted by Gasteiger charge is -2.05. The molecule has 0 bridgehead atoms. The highest BCUT2D eigenvalue weighted by Gasteiger charge is 2.21. The summed E-state index contributed by atoms with van der Waals surface area (Å²) >= 11 is 0. The van der Waals surface area contributed by atoms with Crippen molar-refractivity contribution in [1.82, 2.24) is 20.0 Å². The van der Waals surface area contributed by atoms with E-state index in [1.54, 1.807) is 47.0 Å². The smallest absolute Gasteiger partial charge is 0.287 e. The number of carbonyl (C=O) groups excluding carboxylic acids is 2. The molecule has 0 saturated heterocycles. The number of fused-ring (bicyclic) bond motifs is 1. The third kappa shape index (κ3) is 4.36. The molecule has 0 radical (unpaired) electrons. The fourth-order valence-corrected chi connectivity index (χ4v) is 2.82. The Morgan fingerprint density at radius 1 is 1.07 bits per heavy atom. The predicted octanol–water partition coefficient (Wildman–Crippen LogP) is 3.18. The molecule has 0 aliphatic carbocycles. The Hall–Kier alpha value is -3.22. The number of imidazole rings is 1. The molecule has 28 heavy (non-hydrogen) atoms. The molecule has 0 spiro atoms. The van der Waals surface area contributed by atoms with Crippen LogP contribution in [0.15, 0.2) is 48.7 Å². The Kier molecular flexibility index (Phi) is 6.03. The number of halogens is 1. The second kappa shape index (κ2) is 8.65. The number of benzene rings is 1. The van der Waals surface area contributed by atoms with Crippen LogP contribution < -0.4 is 10.6 Å². The summed E-state index contributed by atoms with van der Waals surface area (Å²) in [5.74, 6) is -0.635. The zero-order valence-electron chi connectivity index (χ0n) is 15.9. The number of amides is 2. The topological polar surface area (TPSA) is 75.5 Å². The van der Waals surface area contributed by atoms with Gasteiger partial charge in [-0.05, 0) is 30.5 Å². The minimum atomic E-state index is -0.481. The van der Waals surface area contributed by atoms with Crippen LogP contribution in [0.25, 0.3) is 5.52 Å². The molecule has 0 saturated carbocycles. The first kappa shape index (κ1) is 19.5. The third-order valence-electron chi connectivity index (χ3n) is 4.37. The van der Waals surface area contributed by atoms with Crippen molar-refractivity contribution in [2.24, 2.45) is 5.92 Å². The first-order valence-corrected chi connectivity index (χ1v) is 9.24. The monoisotopic (exact) mass is 382 g/mol. The highest BCUT2D eigenvalue weighted by molar-refractivity contribution is 6.02. The fraction of sp³-hybridized carbons (Fsp3) is 0.286. The van der Waals surface area contributed by atoms with Crippen LogP contribution in [0.5, 0.6) is 0 Å². The number of carbonyl (C=O) groups is 2. The minimum absolute atomic E-state index is 0.0309. The molecular weight excluding hydrogens is 359 g/mol. The van der Waals surface area contributed by atoms with E-state index in [9.17, 15) is 14.0 Å². The molecule has 146 valence electrons. The van der Waals surface area contributed by atoms with E-state index in [1.165, 1.54) is 6.07 Å². The molecule has 7 heteroatoms. The molecule has 0 fully saturated rings. The van der Waals surface area contributed by atoms with Crippen molar-refractivity contribution in [3.63, 3.8) is 0 Å². The SMILES string of the molecule is CC(C)CCNC(=O)c1nc(C(=O)NCc2ccccc2F)n2ccccc12. The van der Waals surface area contributed by atoms with E-state index >= 15 is 0 Å². The van der Waals surface area contributed by atoms with E-state index in [0.29, 0.717) is 23.5 Å². The maximum absolute atomic E-state index is 13.8. The summed E-state index contributed by atoms with van der Waals surface area (Å²) in [7, 11) is 0. The largest absolute Gasteiger partial charge is 0.351 e. The number of aromatic nitrogens is 2. The lowest BCUT2D eigenvalue weighted by molar-refractivity contribution is 0.0939. The van der Waals surface area contributed by atoms with Crippen molar-refractivity contribution in [2.75, 3.05) is 6.54 Å². The summed E-state index contributed by atoms with van der Waals surface area (Å²) in [6.07, 6.45) is 2.53. The first-order valence-electron chi connectivity index (χ1n) is 9.24. The van der Waals surface area contributed by atoms with Gasteiger partial charge in [-0.1, -0.05) is 38.1 Å². The van der Waals surface area contributed by atoms with Crippen molar-refractivity contribution in [3.05, 3.63) is 71.6 Å². The van der Waals surface area contributed by atoms with Gasteiger partial charge in [0.1, 0.15) is 5.82 Å². The molecular formula is C21H23FN4O2. The third-order valence-corrected chi connectivity index (χ3v) is 4.37. The Balaban J connectivity index is 1.80. The van der Waals surface area contributed by atoms with Crippen LogP contribution in [0.3, 0.4) is 0 Å². The van der Waals surface area contributed by atoms with Crippen molar-refractivity contribution < 1.29 is 14.0 Å². The molecule has 2 aromatic heterocycles. The van der Waals surface area contributed by atoms with Gasteiger partial charge in [0.15, 0.2) is 5.69 Å². The van der Waals surface area contributed by atoms with Crippen LogP contribution in [0, 0.1) is 11.7 Å². The molecule has 6 nitrogen and oxygen atoms in total. The molecule has 1 aromatic carbocycles. The second-order valence-electron chi connectivity index (χ2n) is 6.95. The number of nitrogens with zero attached hydrogens (tertiary/aromatic N) is 2. The van der Waals surface area contributed by atoms with Crippen molar-refractivity contribution in [1.29, 1.82) is 0 Å². The van der Waals surface area contributed by atoms with Crippen molar-refractivity contribution in [3.8, 4) is 0 Å². The maximum Gasteiger partial charge on any atom is 0.287 e. The lowest BCUT2D eigenvalue weighted by atomic mass is 10.1. The van der Waals surface area contributed by atoms with Crippen LogP contribution in [-0.2, 0) is 6.54 Å². The summed E-state index contributed by atoms with van der Waals surface area (Å²) in [5, 5.41) is 5.51. The highest BCUT2D eigenvalue weighted by atomic mass is 19.1. The number of pyridine rings is 1. The van der Waals surface area contributed by atoms with Gasteiger partial charge in [0.25, 0.3) is 11.8 Å². The van der Waals surface area contributed by atoms with Gasteiger partial charge >= 0.3 is 0 Å². The van der Waals surface area contributed by atoms with E-state index in [0.717, 1.165) is 6.42 Å². The molecule has 3 rings (SSSR count). The number of hydrogen-bond donors (Lipinski definition) is 2. The fourth-order valence-electron chi connectivity index (χ4n) is 2.82. The standard InChI is InChI=1S/C21H23FN4O2/c1-14(2)10-11-23-20(27)18-17-9-5-6-12-26(17)19(25-18)21(28)24-13-15-7-3-4-8-16(15)22/h3-9,12,14H,10-11,13H2,1-2H3,(H,23,27)(H,24,28). The van der Waals surface area contributed by atoms with Gasteiger partial charge in [-0.25, -0.2) is 9.37 Å². The maximum atomic E-state index is 13.8. The van der Waals surface area contributed by atoms with E-state index in [-0.39, 0.29) is 29.8 Å². The van der Waals surface area contributed by atoms with Crippen molar-refractivity contribution in [2.45, 2.75) is 26.8 Å². The Morgan fingerprint density at radius 2 is 1.82 bits per heavy atom. The Morgan fingerprint density at radius 3 is 2.57 bits per heavy atom. The van der Waals surface area contributed by atoms with E-state index in [4.69, 9.17) is 0 Å². The highest BCUT2D eigenvalue weighted by Crippen LogP contribution is 2.14. The van der Waals surface area contributed by atoms with Gasteiger partial charge in [-0.15, -0.1) is 0 Å². The van der Waals surface area contributed by atoms with Gasteiger partial charge in [0, 0.05) is 24.8 Å². The molecule has 2 N–H and O–H groups in total. The van der Waals surface area contributed by atoms with E-state index in [2.05, 4.69) is 29.5 Å². The van der Waals surface area contributed by atoms with Gasteiger partial charge in [-0.2, -0.15) is 0 Å². The van der Waals surface area contributed by atoms with E-state index in [1.807, 2.05) is 0 Å². The average molecular weight is 382 g/mol. The minimum Gasteiger partial charge on any atom is -0.351 e. The molecule has 2 heterocycles. The van der Waals surface area contributed by atoms with Crippen LogP contribution >= 0.6 is 0 Å². The van der Waals surface area contributed by atoms with Gasteiger partial charge in [0.2, 0.25) is 5.82 Å². The summed E-state index contributed by atoms with van der Waals surface area (Å²) in [4.78, 5) is 29.4. The predicted molar refractivity (Wildman–Crippen MR) is 105 cm³/mol. The quantitative estimate of drug-likeness (QED) is 0.659. The first-order chi connectivity index (χ1) is 13.5. The van der Waals surface area contributed by atoms with Crippen LogP contribution in [0.4, 0.5) is 4.39 Å². The number of hydrogen-bond acceptors (Lipinski definition) is 3. The van der Waals surface area contributed by atoms with Crippen LogP contribution in [-0.4, -0.2) is 27.7 Å². The Bertz CT molecular complexity index is 997. The zero-order valence-corrected chi connectivity index (χ0v) is 15.9. The van der Waals surface area contributed by atoms with Gasteiger partial charge in [0.05, 0.1) is 5.52 Å². The second-order valence-corrected chi connectivity index (χ2v) is 6.95. The molecule has 0 aliphatic rings. The molecule has 3 aromatic rings. The Labute approximate surface area is 162 Å². The summed E-state index contributed by atoms with van der Waals surface area (Å²) in [6.45, 7) is 4.73. The van der Waals surface area contributed by atoms with Crippen molar-refractivity contribution >= 4 is 17.3 Å². The lowest BCUT2D eigenvalue weighted by Crippen LogP contribution is -2.27. The summed E-state index contributed by atoms with van der Waals surface area (Å²) < 4.78 is 15.3. The summed E-state index contributed by atoms with van der Waals surface area (Å²) in [5.41, 5.74) is 1.12. The number of rotatable bonds is 7.